The van der Waals surface area contributed by atoms with Crippen LogP contribution in [0.3, 0.4) is 0 Å². The van der Waals surface area contributed by atoms with Crippen molar-refractivity contribution in [3.8, 4) is 0 Å². The predicted octanol–water partition coefficient (Wildman–Crippen LogP) is 3.45. The van der Waals surface area contributed by atoms with Gasteiger partial charge in [0.25, 0.3) is 0 Å². The highest BCUT2D eigenvalue weighted by atomic mass is 32.2. The fraction of sp³-hybridized carbons (Fsp3) is 0.280. The number of aromatic amines is 1. The summed E-state index contributed by atoms with van der Waals surface area (Å²) in [4.78, 5) is 17.3. The molecule has 188 valence electrons. The highest BCUT2D eigenvalue weighted by Crippen LogP contribution is 2.30. The Labute approximate surface area is 211 Å². The lowest BCUT2D eigenvalue weighted by atomic mass is 10.2. The molecule has 3 N–H and O–H groups in total. The molecule has 0 bridgehead atoms. The van der Waals surface area contributed by atoms with Crippen LogP contribution in [0.15, 0.2) is 65.7 Å². The molecule has 0 amide bonds. The fourth-order valence-electron chi connectivity index (χ4n) is 4.19. The van der Waals surface area contributed by atoms with Crippen molar-refractivity contribution in [3.63, 3.8) is 0 Å². The molecule has 0 unspecified atom stereocenters. The van der Waals surface area contributed by atoms with Gasteiger partial charge in [0, 0.05) is 57.8 Å². The van der Waals surface area contributed by atoms with E-state index in [1.54, 1.807) is 30.5 Å². The number of para-hydroxylation sites is 1. The first-order valence-electron chi connectivity index (χ1n) is 11.8. The minimum absolute atomic E-state index is 0.173. The van der Waals surface area contributed by atoms with Gasteiger partial charge in [-0.3, -0.25) is 0 Å². The van der Waals surface area contributed by atoms with Crippen LogP contribution >= 0.6 is 0 Å². The molecule has 4 aromatic rings. The average molecular weight is 507 g/mol. The number of rotatable bonds is 7. The van der Waals surface area contributed by atoms with Gasteiger partial charge < -0.3 is 25.4 Å². The number of piperazine rings is 1. The normalized spacial score (nSPS) is 14.9. The fourth-order valence-corrected chi connectivity index (χ4v) is 5.23. The van der Waals surface area contributed by atoms with Crippen molar-refractivity contribution in [1.82, 2.24) is 24.2 Å². The zero-order chi connectivity index (χ0) is 25.3. The van der Waals surface area contributed by atoms with Crippen LogP contribution in [-0.2, 0) is 10.0 Å². The third-order valence-electron chi connectivity index (χ3n) is 6.29. The minimum Gasteiger partial charge on any atom is -0.369 e. The lowest BCUT2D eigenvalue weighted by Crippen LogP contribution is -2.44. The number of nitrogens with zero attached hydrogens (tertiary/aromatic N) is 5. The first-order valence-corrected chi connectivity index (χ1v) is 13.2. The Kier molecular flexibility index (Phi) is 6.52. The van der Waals surface area contributed by atoms with E-state index in [1.165, 1.54) is 18.4 Å². The largest absolute Gasteiger partial charge is 0.369 e. The van der Waals surface area contributed by atoms with Gasteiger partial charge in [-0.2, -0.15) is 9.97 Å². The molecule has 1 fully saturated rings. The molecule has 0 spiro atoms. The Hall–Kier alpha value is -3.67. The molecule has 5 rings (SSSR count). The SMILES string of the molecule is CN1CCN(c2cccc(Nc3nc(Nc4ccccc4S(=O)(=O)N(C)C)c4cc[nH]c4n3)c2)CC1. The minimum atomic E-state index is -3.65. The van der Waals surface area contributed by atoms with Crippen LogP contribution in [0.25, 0.3) is 11.0 Å². The lowest BCUT2D eigenvalue weighted by molar-refractivity contribution is 0.313. The number of hydrogen-bond donors (Lipinski definition) is 3. The van der Waals surface area contributed by atoms with E-state index in [4.69, 9.17) is 4.98 Å². The summed E-state index contributed by atoms with van der Waals surface area (Å²) in [5.74, 6) is 0.899. The number of nitrogens with one attached hydrogen (secondary N) is 3. The van der Waals surface area contributed by atoms with E-state index in [0.717, 1.165) is 42.9 Å². The van der Waals surface area contributed by atoms with Crippen molar-refractivity contribution in [2.75, 3.05) is 62.9 Å². The number of sulfonamides is 1. The molecule has 3 heterocycles. The zero-order valence-electron chi connectivity index (χ0n) is 20.6. The summed E-state index contributed by atoms with van der Waals surface area (Å²) in [5, 5.41) is 7.30. The van der Waals surface area contributed by atoms with Crippen LogP contribution < -0.4 is 15.5 Å². The summed E-state index contributed by atoms with van der Waals surface area (Å²) < 4.78 is 26.9. The molecule has 0 saturated carbocycles. The summed E-state index contributed by atoms with van der Waals surface area (Å²) in [6.45, 7) is 4.02. The summed E-state index contributed by atoms with van der Waals surface area (Å²) in [5.41, 5.74) is 3.10. The maximum absolute atomic E-state index is 12.9. The first kappa shape index (κ1) is 24.0. The molecular formula is C25H30N8O2S. The Bertz CT molecular complexity index is 1480. The van der Waals surface area contributed by atoms with Crippen molar-refractivity contribution in [3.05, 3.63) is 60.8 Å². The van der Waals surface area contributed by atoms with Crippen LogP contribution in [-0.4, -0.2) is 79.9 Å². The van der Waals surface area contributed by atoms with E-state index >= 15 is 0 Å². The third kappa shape index (κ3) is 4.85. The molecular weight excluding hydrogens is 476 g/mol. The quantitative estimate of drug-likeness (QED) is 0.350. The molecule has 0 radical (unpaired) electrons. The molecule has 2 aromatic carbocycles. The van der Waals surface area contributed by atoms with Crippen LogP contribution in [0.5, 0.6) is 0 Å². The van der Waals surface area contributed by atoms with Gasteiger partial charge in [0.15, 0.2) is 0 Å². The molecule has 10 nitrogen and oxygen atoms in total. The molecule has 0 aliphatic carbocycles. The smallest absolute Gasteiger partial charge is 0.244 e. The van der Waals surface area contributed by atoms with E-state index in [2.05, 4.69) is 49.6 Å². The number of fused-ring (bicyclic) bond motifs is 1. The van der Waals surface area contributed by atoms with Crippen LogP contribution in [0.4, 0.5) is 28.8 Å². The van der Waals surface area contributed by atoms with Crippen molar-refractivity contribution in [2.45, 2.75) is 4.90 Å². The molecule has 1 aliphatic rings. The second kappa shape index (κ2) is 9.76. The van der Waals surface area contributed by atoms with Crippen LogP contribution in [0.1, 0.15) is 0 Å². The number of benzene rings is 2. The van der Waals surface area contributed by atoms with E-state index in [-0.39, 0.29) is 4.90 Å². The summed E-state index contributed by atoms with van der Waals surface area (Å²) in [6, 6.07) is 16.9. The lowest BCUT2D eigenvalue weighted by Gasteiger charge is -2.34. The topological polar surface area (TPSA) is 109 Å². The predicted molar refractivity (Wildman–Crippen MR) is 144 cm³/mol. The molecule has 1 saturated heterocycles. The molecule has 36 heavy (non-hydrogen) atoms. The molecule has 2 aromatic heterocycles. The Morgan fingerprint density at radius 1 is 0.944 bits per heavy atom. The number of anilines is 5. The standard InChI is InChI=1S/C25H30N8O2S/c1-31(2)36(34,35)22-10-5-4-9-21(22)28-24-20-11-12-26-23(20)29-25(30-24)27-18-7-6-8-19(17-18)33-15-13-32(3)14-16-33/h4-12,17H,13-16H2,1-3H3,(H3,26,27,28,29,30). The van der Waals surface area contributed by atoms with Crippen molar-refractivity contribution < 1.29 is 8.42 Å². The second-order valence-corrected chi connectivity index (χ2v) is 11.1. The summed E-state index contributed by atoms with van der Waals surface area (Å²) in [6.07, 6.45) is 1.78. The number of H-pyrrole nitrogens is 1. The van der Waals surface area contributed by atoms with E-state index in [9.17, 15) is 8.42 Å². The maximum Gasteiger partial charge on any atom is 0.244 e. The second-order valence-electron chi connectivity index (χ2n) is 9.01. The van der Waals surface area contributed by atoms with Gasteiger partial charge in [-0.25, -0.2) is 12.7 Å². The molecule has 11 heteroatoms. The van der Waals surface area contributed by atoms with Crippen molar-refractivity contribution >= 4 is 49.9 Å². The third-order valence-corrected chi connectivity index (χ3v) is 8.16. The zero-order valence-corrected chi connectivity index (χ0v) is 21.4. The molecule has 1 aliphatic heterocycles. The Morgan fingerprint density at radius 3 is 2.50 bits per heavy atom. The van der Waals surface area contributed by atoms with Gasteiger partial charge in [0.1, 0.15) is 16.4 Å². The van der Waals surface area contributed by atoms with E-state index < -0.39 is 10.0 Å². The monoisotopic (exact) mass is 506 g/mol. The summed E-state index contributed by atoms with van der Waals surface area (Å²) in [7, 11) is 1.52. The highest BCUT2D eigenvalue weighted by Gasteiger charge is 2.22. The van der Waals surface area contributed by atoms with Gasteiger partial charge >= 0.3 is 0 Å². The average Bonchev–Trinajstić information content (AvgIpc) is 3.34. The number of aromatic nitrogens is 3. The molecule has 0 atom stereocenters. The van der Waals surface area contributed by atoms with Crippen molar-refractivity contribution in [1.29, 1.82) is 0 Å². The Balaban J connectivity index is 1.46. The van der Waals surface area contributed by atoms with E-state index in [1.807, 2.05) is 18.2 Å². The highest BCUT2D eigenvalue weighted by molar-refractivity contribution is 7.89. The summed E-state index contributed by atoms with van der Waals surface area (Å²) >= 11 is 0. The number of likely N-dealkylation sites (N-methyl/N-ethyl adjacent to an activating group) is 1. The van der Waals surface area contributed by atoms with Gasteiger partial charge in [-0.05, 0) is 43.4 Å². The first-order chi connectivity index (χ1) is 17.3. The van der Waals surface area contributed by atoms with Gasteiger partial charge in [0.2, 0.25) is 16.0 Å². The maximum atomic E-state index is 12.9. The van der Waals surface area contributed by atoms with Crippen LogP contribution in [0, 0.1) is 0 Å². The van der Waals surface area contributed by atoms with Crippen LogP contribution in [0.2, 0.25) is 0 Å². The Morgan fingerprint density at radius 2 is 1.72 bits per heavy atom. The van der Waals surface area contributed by atoms with Gasteiger partial charge in [0.05, 0.1) is 11.1 Å². The van der Waals surface area contributed by atoms with E-state index in [0.29, 0.717) is 23.1 Å². The van der Waals surface area contributed by atoms with Gasteiger partial charge in [-0.15, -0.1) is 0 Å². The number of hydrogen-bond acceptors (Lipinski definition) is 8. The van der Waals surface area contributed by atoms with Gasteiger partial charge in [-0.1, -0.05) is 18.2 Å². The van der Waals surface area contributed by atoms with Crippen molar-refractivity contribution in [2.24, 2.45) is 0 Å².